The van der Waals surface area contributed by atoms with Crippen LogP contribution in [0.5, 0.6) is 0 Å². The van der Waals surface area contributed by atoms with E-state index in [-0.39, 0.29) is 75.8 Å². The van der Waals surface area contributed by atoms with Crippen molar-refractivity contribution in [2.24, 2.45) is 0 Å². The normalized spacial score (nSPS) is 18.3. The smallest absolute Gasteiger partial charge is 0.744 e. The Morgan fingerprint density at radius 2 is 1.61 bits per heavy atom. The Kier molecular flexibility index (Phi) is 17.5. The number of hydrogen-bond acceptors (Lipinski definition) is 5. The maximum Gasteiger partial charge on any atom is 1.00 e. The topological polar surface area (TPSA) is 101 Å². The molecule has 0 bridgehead atoms. The van der Waals surface area contributed by atoms with Crippen molar-refractivity contribution >= 4 is 38.7 Å². The van der Waals surface area contributed by atoms with E-state index in [1.54, 1.807) is 12.1 Å². The Bertz CT molecular complexity index is 2270. The van der Waals surface area contributed by atoms with E-state index in [0.717, 1.165) is 92.5 Å². The molecule has 0 atom stereocenters. The van der Waals surface area contributed by atoms with Crippen LogP contribution in [-0.2, 0) is 32.2 Å². The van der Waals surface area contributed by atoms with Crippen LogP contribution in [0.25, 0.3) is 5.57 Å². The number of fused-ring (bicyclic) bond motifs is 2. The molecule has 3 aromatic rings. The van der Waals surface area contributed by atoms with Gasteiger partial charge in [0.1, 0.15) is 22.4 Å². The van der Waals surface area contributed by atoms with E-state index in [2.05, 4.69) is 118 Å². The molecule has 0 spiro atoms. The zero-order valence-electron chi connectivity index (χ0n) is 36.7. The van der Waals surface area contributed by atoms with Gasteiger partial charge in [-0.2, -0.15) is 18.2 Å². The van der Waals surface area contributed by atoms with Gasteiger partial charge in [-0.15, -0.1) is 6.07 Å². The summed E-state index contributed by atoms with van der Waals surface area (Å²) in [5, 5.41) is 9.32. The van der Waals surface area contributed by atoms with E-state index in [1.807, 2.05) is 6.07 Å². The first-order chi connectivity index (χ1) is 27.2. The summed E-state index contributed by atoms with van der Waals surface area (Å²) < 4.78 is 38.8. The zero-order valence-corrected chi connectivity index (χ0v) is 41.5. The molecular weight excluding hydrogens is 775 g/mol. The fourth-order valence-corrected chi connectivity index (χ4v) is 9.47. The third kappa shape index (κ3) is 10.9. The summed E-state index contributed by atoms with van der Waals surface area (Å²) in [4.78, 5) is 13.5. The summed E-state index contributed by atoms with van der Waals surface area (Å²) in [6.45, 7) is 15.0. The van der Waals surface area contributed by atoms with Gasteiger partial charge in [-0.25, -0.2) is 13.0 Å². The SMILES string of the molecule is CCCCCN1/C(=C/C=C2\CCCC(/C=C/C3=[N+](CCCCC)c4cc[c-]cc4C3(C)C)=C2c2ccc(CCC(=O)O)cc2)C(C)(C)c2cc(S(=O)(=O)[O-])ccc21.[Na+].[Na+]. The fraction of sp³-hybridized carbons (Fsp3) is 0.429. The molecule has 10 heteroatoms. The number of allylic oxidation sites excluding steroid dienone is 8. The van der Waals surface area contributed by atoms with Gasteiger partial charge in [-0.05, 0) is 96.2 Å². The molecule has 59 heavy (non-hydrogen) atoms. The number of hydrogen-bond donors (Lipinski definition) is 1. The minimum atomic E-state index is -4.61. The molecule has 0 amide bonds. The third-order valence-electron chi connectivity index (χ3n) is 12.1. The molecule has 7 nitrogen and oxygen atoms in total. The van der Waals surface area contributed by atoms with Gasteiger partial charge in [0.05, 0.1) is 4.90 Å². The molecule has 0 unspecified atom stereocenters. The quantitative estimate of drug-likeness (QED) is 0.0720. The Morgan fingerprint density at radius 1 is 0.898 bits per heavy atom. The number of carbonyl (C=O) groups is 1. The predicted octanol–water partition coefficient (Wildman–Crippen LogP) is 4.97. The largest absolute Gasteiger partial charge is 1.00 e. The van der Waals surface area contributed by atoms with Gasteiger partial charge in [-0.1, -0.05) is 103 Å². The molecule has 3 aromatic carbocycles. The first-order valence-corrected chi connectivity index (χ1v) is 22.3. The molecular formula is C49H59N2Na2O5S+. The number of nitrogens with zero attached hydrogens (tertiary/aromatic N) is 2. The summed E-state index contributed by atoms with van der Waals surface area (Å²) in [6.07, 6.45) is 19.2. The van der Waals surface area contributed by atoms with Gasteiger partial charge in [0.2, 0.25) is 0 Å². The van der Waals surface area contributed by atoms with E-state index in [9.17, 15) is 22.9 Å². The van der Waals surface area contributed by atoms with Crippen molar-refractivity contribution in [3.8, 4) is 0 Å². The van der Waals surface area contributed by atoms with Crippen LogP contribution in [0.3, 0.4) is 0 Å². The second kappa shape index (κ2) is 21.0. The molecule has 0 fully saturated rings. The zero-order chi connectivity index (χ0) is 41.0. The summed E-state index contributed by atoms with van der Waals surface area (Å²) in [5.74, 6) is -0.803. The van der Waals surface area contributed by atoms with Crippen molar-refractivity contribution in [1.29, 1.82) is 0 Å². The molecule has 0 aromatic heterocycles. The van der Waals surface area contributed by atoms with Crippen molar-refractivity contribution in [2.45, 2.75) is 128 Å². The minimum absolute atomic E-state index is 0. The predicted molar refractivity (Wildman–Crippen MR) is 230 cm³/mol. The monoisotopic (exact) mass is 833 g/mol. The van der Waals surface area contributed by atoms with Crippen molar-refractivity contribution in [1.82, 2.24) is 0 Å². The molecule has 302 valence electrons. The van der Waals surface area contributed by atoms with Crippen molar-refractivity contribution < 1.29 is 86.6 Å². The number of rotatable bonds is 16. The van der Waals surface area contributed by atoms with E-state index < -0.39 is 21.5 Å². The molecule has 2 heterocycles. The summed E-state index contributed by atoms with van der Waals surface area (Å²) >= 11 is 0. The van der Waals surface area contributed by atoms with E-state index >= 15 is 0 Å². The molecule has 1 aliphatic carbocycles. The number of benzene rings is 3. The number of unbranched alkanes of at least 4 members (excludes halogenated alkanes) is 4. The van der Waals surface area contributed by atoms with Crippen LogP contribution >= 0.6 is 0 Å². The molecule has 6 rings (SSSR count). The van der Waals surface area contributed by atoms with E-state index in [4.69, 9.17) is 0 Å². The number of aryl methyl sites for hydroxylation is 1. The van der Waals surface area contributed by atoms with E-state index in [1.165, 1.54) is 46.2 Å². The van der Waals surface area contributed by atoms with Gasteiger partial charge in [0.15, 0.2) is 5.71 Å². The van der Waals surface area contributed by atoms with Gasteiger partial charge in [0, 0.05) is 47.7 Å². The van der Waals surface area contributed by atoms with Crippen LogP contribution in [-0.4, -0.2) is 47.4 Å². The first-order valence-electron chi connectivity index (χ1n) is 20.9. The second-order valence-corrected chi connectivity index (χ2v) is 18.2. The van der Waals surface area contributed by atoms with Crippen molar-refractivity contribution in [2.75, 3.05) is 18.0 Å². The first kappa shape index (κ1) is 49.1. The van der Waals surface area contributed by atoms with E-state index in [0.29, 0.717) is 6.42 Å². The number of carboxylic acid groups (broad SMARTS) is 1. The summed E-state index contributed by atoms with van der Waals surface area (Å²) in [5.41, 5.74) is 11.8. The standard InChI is InChI=1S/C49H60N2O5S.2Na/c1-7-9-13-32-50-42-19-12-11-18-40(42)48(3,4)44(50)29-25-36-16-15-17-37(47(36)38-23-20-35(21-24-38)22-31-46(52)53)26-30-45-49(5,6)41-34-39(57(54,55)56)27-28-43(41)51(45)33-14-10-8-2;;/h12,18-21,23-30,34H,7-10,13-17,22,31-33H2,1-6H3,(H,52,53)(H,54,55,56);;/q;2*+1/p-1. The maximum atomic E-state index is 12.1. The molecule has 1 N–H and O–H groups in total. The molecule has 3 aliphatic rings. The van der Waals surface area contributed by atoms with Gasteiger partial charge in [0.25, 0.3) is 0 Å². The number of anilines is 1. The van der Waals surface area contributed by atoms with Crippen LogP contribution < -0.4 is 64.0 Å². The van der Waals surface area contributed by atoms with Gasteiger partial charge < -0.3 is 14.6 Å². The maximum absolute atomic E-state index is 12.1. The molecule has 0 saturated heterocycles. The number of carboxylic acids is 1. The second-order valence-electron chi connectivity index (χ2n) is 16.9. The Morgan fingerprint density at radius 3 is 2.29 bits per heavy atom. The Balaban J connectivity index is 0.00000384. The average molecular weight is 834 g/mol. The third-order valence-corrected chi connectivity index (χ3v) is 13.0. The molecule has 0 saturated carbocycles. The van der Waals surface area contributed by atoms with Gasteiger partial charge in [-0.3, -0.25) is 4.79 Å². The van der Waals surface area contributed by atoms with Crippen LogP contribution in [0.1, 0.15) is 128 Å². The summed E-state index contributed by atoms with van der Waals surface area (Å²) in [6, 6.07) is 22.9. The summed E-state index contributed by atoms with van der Waals surface area (Å²) in [7, 11) is -4.61. The Hall–Kier alpha value is -2.53. The average Bonchev–Trinajstić information content (AvgIpc) is 3.53. The van der Waals surface area contributed by atoms with Crippen LogP contribution in [0, 0.1) is 6.07 Å². The Labute approximate surface area is 397 Å². The van der Waals surface area contributed by atoms with Crippen molar-refractivity contribution in [3.63, 3.8) is 0 Å². The van der Waals surface area contributed by atoms with Crippen LogP contribution in [0.2, 0.25) is 0 Å². The van der Waals surface area contributed by atoms with Gasteiger partial charge >= 0.3 is 65.1 Å². The number of aliphatic carboxylic acids is 1. The molecule has 0 radical (unpaired) electrons. The van der Waals surface area contributed by atoms with Crippen molar-refractivity contribution in [3.05, 3.63) is 130 Å². The fourth-order valence-electron chi connectivity index (χ4n) is 8.97. The van der Waals surface area contributed by atoms with Crippen LogP contribution in [0.15, 0.2) is 107 Å². The van der Waals surface area contributed by atoms with Crippen LogP contribution in [0.4, 0.5) is 11.4 Å². The molecule has 2 aliphatic heterocycles. The minimum Gasteiger partial charge on any atom is -0.744 e.